The Labute approximate surface area is 95.3 Å². The molecular formula is C13H18N2O. The molecule has 0 aliphatic carbocycles. The van der Waals surface area contributed by atoms with Crippen LogP contribution in [-0.4, -0.2) is 9.95 Å². The summed E-state index contributed by atoms with van der Waals surface area (Å²) in [6.45, 7) is 6.56. The van der Waals surface area contributed by atoms with E-state index >= 15 is 0 Å². The number of rotatable bonds is 0. The van der Waals surface area contributed by atoms with Crippen LogP contribution in [0.1, 0.15) is 26.5 Å². The number of hydrogen-bond acceptors (Lipinski definition) is 1. The van der Waals surface area contributed by atoms with Crippen molar-refractivity contribution in [3.05, 3.63) is 36.0 Å². The van der Waals surface area contributed by atoms with Crippen LogP contribution in [0, 0.1) is 0 Å². The molecule has 1 N–H and O–H groups in total. The second kappa shape index (κ2) is 3.74. The lowest BCUT2D eigenvalue weighted by atomic mass is 9.91. The summed E-state index contributed by atoms with van der Waals surface area (Å²) in [5.41, 5.74) is 2.12. The summed E-state index contributed by atoms with van der Waals surface area (Å²) in [5.74, 6) is 0. The molecule has 0 radical (unpaired) electrons. The van der Waals surface area contributed by atoms with Crippen molar-refractivity contribution in [2.75, 3.05) is 0 Å². The van der Waals surface area contributed by atoms with Crippen molar-refractivity contribution in [2.24, 2.45) is 7.05 Å². The van der Waals surface area contributed by atoms with Gasteiger partial charge in [-0.15, -0.1) is 0 Å². The van der Waals surface area contributed by atoms with Gasteiger partial charge in [0.15, 0.2) is 5.58 Å². The zero-order valence-electron chi connectivity index (χ0n) is 10.2. The number of para-hydroxylation sites is 1. The van der Waals surface area contributed by atoms with E-state index in [9.17, 15) is 0 Å². The lowest BCUT2D eigenvalue weighted by molar-refractivity contribution is 0.341. The smallest absolute Gasteiger partial charge is 0.164 e. The van der Waals surface area contributed by atoms with E-state index in [1.165, 1.54) is 5.69 Å². The number of aryl methyl sites for hydroxylation is 1. The zero-order chi connectivity index (χ0) is 11.8. The van der Waals surface area contributed by atoms with Crippen molar-refractivity contribution < 1.29 is 4.52 Å². The fraction of sp³-hybridized carbons (Fsp3) is 0.385. The predicted molar refractivity (Wildman–Crippen MR) is 65.9 cm³/mol. The van der Waals surface area contributed by atoms with Gasteiger partial charge in [0.25, 0.3) is 0 Å². The highest BCUT2D eigenvalue weighted by Crippen LogP contribution is 2.23. The molecule has 1 aromatic carbocycles. The standard InChI is InChI=1S/C13H18N2O/c1-13(2,3)12-9-10-7-5-6-8-11(10)16-14-15(12)4/h5-9,14H,1-4H3. The number of fused-ring (bicyclic) bond motifs is 1. The molecule has 0 aliphatic heterocycles. The normalized spacial score (nSPS) is 11.8. The average Bonchev–Trinajstić information content (AvgIpc) is 2.38. The van der Waals surface area contributed by atoms with Crippen molar-refractivity contribution in [2.45, 2.75) is 26.2 Å². The highest BCUT2D eigenvalue weighted by atomic mass is 16.5. The molecular weight excluding hydrogens is 200 g/mol. The first-order valence-corrected chi connectivity index (χ1v) is 5.46. The van der Waals surface area contributed by atoms with Crippen LogP contribution in [0.3, 0.4) is 0 Å². The van der Waals surface area contributed by atoms with Crippen molar-refractivity contribution in [3.8, 4) is 0 Å². The molecule has 0 amide bonds. The minimum Gasteiger partial charge on any atom is -0.366 e. The molecule has 0 spiro atoms. The number of benzene rings is 1. The number of H-pyrrole nitrogens is 1. The van der Waals surface area contributed by atoms with Gasteiger partial charge in [-0.05, 0) is 12.1 Å². The molecule has 0 bridgehead atoms. The Hall–Kier alpha value is -1.64. The summed E-state index contributed by atoms with van der Waals surface area (Å²) in [7, 11) is 1.96. The third kappa shape index (κ3) is 1.98. The van der Waals surface area contributed by atoms with Crippen molar-refractivity contribution in [1.29, 1.82) is 0 Å². The molecule has 16 heavy (non-hydrogen) atoms. The van der Waals surface area contributed by atoms with E-state index in [-0.39, 0.29) is 5.41 Å². The lowest BCUT2D eigenvalue weighted by Gasteiger charge is -2.19. The zero-order valence-corrected chi connectivity index (χ0v) is 10.2. The van der Waals surface area contributed by atoms with Gasteiger partial charge in [-0.1, -0.05) is 39.0 Å². The van der Waals surface area contributed by atoms with Crippen LogP contribution in [0.15, 0.2) is 34.9 Å². The van der Waals surface area contributed by atoms with Gasteiger partial charge in [0, 0.05) is 23.5 Å². The molecule has 0 fully saturated rings. The largest absolute Gasteiger partial charge is 0.366 e. The third-order valence-corrected chi connectivity index (χ3v) is 2.63. The molecule has 3 nitrogen and oxygen atoms in total. The summed E-state index contributed by atoms with van der Waals surface area (Å²) in [6, 6.07) is 10.2. The van der Waals surface area contributed by atoms with Gasteiger partial charge in [0.05, 0.1) is 0 Å². The van der Waals surface area contributed by atoms with Crippen LogP contribution in [0.5, 0.6) is 0 Å². The minimum absolute atomic E-state index is 0.0720. The van der Waals surface area contributed by atoms with Gasteiger partial charge < -0.3 is 4.52 Å². The quantitative estimate of drug-likeness (QED) is 0.721. The summed E-state index contributed by atoms with van der Waals surface area (Å²) in [6.07, 6.45) is 0. The van der Waals surface area contributed by atoms with Crippen LogP contribution >= 0.6 is 0 Å². The Morgan fingerprint density at radius 3 is 2.56 bits per heavy atom. The van der Waals surface area contributed by atoms with E-state index in [1.54, 1.807) is 0 Å². The third-order valence-electron chi connectivity index (χ3n) is 2.63. The topological polar surface area (TPSA) is 33.9 Å². The number of aromatic nitrogens is 2. The number of aromatic amines is 1. The Morgan fingerprint density at radius 1 is 1.19 bits per heavy atom. The van der Waals surface area contributed by atoms with E-state index in [2.05, 4.69) is 38.2 Å². The molecule has 3 heteroatoms. The average molecular weight is 218 g/mol. The number of nitrogens with one attached hydrogen (secondary N) is 1. The molecule has 0 saturated heterocycles. The molecule has 2 rings (SSSR count). The van der Waals surface area contributed by atoms with E-state index in [1.807, 2.05) is 29.9 Å². The monoisotopic (exact) mass is 218 g/mol. The molecule has 0 unspecified atom stereocenters. The van der Waals surface area contributed by atoms with Gasteiger partial charge in [0.1, 0.15) is 0 Å². The molecule has 0 saturated carbocycles. The number of hydrogen-bond donors (Lipinski definition) is 1. The van der Waals surface area contributed by atoms with Gasteiger partial charge in [-0.25, -0.2) is 0 Å². The lowest BCUT2D eigenvalue weighted by Crippen LogP contribution is -2.18. The molecule has 86 valence electrons. The van der Waals surface area contributed by atoms with Crippen LogP contribution in [-0.2, 0) is 12.5 Å². The fourth-order valence-corrected chi connectivity index (χ4v) is 1.82. The summed E-state index contributed by atoms with van der Waals surface area (Å²) >= 11 is 0. The fourth-order valence-electron chi connectivity index (χ4n) is 1.82. The summed E-state index contributed by atoms with van der Waals surface area (Å²) < 4.78 is 7.43. The van der Waals surface area contributed by atoms with Gasteiger partial charge >= 0.3 is 0 Å². The van der Waals surface area contributed by atoms with Crippen LogP contribution in [0.25, 0.3) is 11.0 Å². The first kappa shape index (κ1) is 10.9. The highest BCUT2D eigenvalue weighted by Gasteiger charge is 2.16. The Bertz CT molecular complexity index is 536. The first-order valence-electron chi connectivity index (χ1n) is 5.46. The molecule has 2 aromatic rings. The maximum Gasteiger partial charge on any atom is 0.164 e. The van der Waals surface area contributed by atoms with Crippen LogP contribution in [0.2, 0.25) is 0 Å². The summed E-state index contributed by atoms with van der Waals surface area (Å²) in [5, 5.41) is 4.02. The van der Waals surface area contributed by atoms with Crippen LogP contribution < -0.4 is 0 Å². The van der Waals surface area contributed by atoms with E-state index in [4.69, 9.17) is 4.52 Å². The molecule has 0 aliphatic rings. The highest BCUT2D eigenvalue weighted by molar-refractivity contribution is 5.75. The minimum atomic E-state index is 0.0720. The molecule has 0 atom stereocenters. The molecule has 1 heterocycles. The van der Waals surface area contributed by atoms with Crippen LogP contribution in [0.4, 0.5) is 0 Å². The molecule has 1 aromatic heterocycles. The van der Waals surface area contributed by atoms with Crippen molar-refractivity contribution in [3.63, 3.8) is 0 Å². The number of nitrogens with zero attached hydrogens (tertiary/aromatic N) is 1. The second-order valence-electron chi connectivity index (χ2n) is 5.07. The Morgan fingerprint density at radius 2 is 1.88 bits per heavy atom. The van der Waals surface area contributed by atoms with Crippen molar-refractivity contribution >= 4 is 11.0 Å². The van der Waals surface area contributed by atoms with Gasteiger partial charge in [-0.2, -0.15) is 5.27 Å². The SMILES string of the molecule is Cn1[nH]oc2ccccc2cc1C(C)(C)C. The maximum absolute atomic E-state index is 5.51. The van der Waals surface area contributed by atoms with Crippen molar-refractivity contribution in [1.82, 2.24) is 9.95 Å². The van der Waals surface area contributed by atoms with E-state index in [0.717, 1.165) is 11.0 Å². The second-order valence-corrected chi connectivity index (χ2v) is 5.07. The Balaban J connectivity index is 2.82. The first-order chi connectivity index (χ1) is 7.48. The van der Waals surface area contributed by atoms with E-state index in [0.29, 0.717) is 0 Å². The van der Waals surface area contributed by atoms with E-state index < -0.39 is 0 Å². The summed E-state index contributed by atoms with van der Waals surface area (Å²) in [4.78, 5) is 0. The van der Waals surface area contributed by atoms with Gasteiger partial charge in [-0.3, -0.25) is 4.68 Å². The Kier molecular flexibility index (Phi) is 2.54. The van der Waals surface area contributed by atoms with Gasteiger partial charge in [0.2, 0.25) is 0 Å². The predicted octanol–water partition coefficient (Wildman–Crippen LogP) is 3.52. The maximum atomic E-state index is 5.51.